The molecule has 0 spiro atoms. The highest BCUT2D eigenvalue weighted by atomic mass is 16.2. The van der Waals surface area contributed by atoms with Gasteiger partial charge in [-0.1, -0.05) is 18.6 Å². The van der Waals surface area contributed by atoms with Gasteiger partial charge in [0, 0.05) is 18.5 Å². The van der Waals surface area contributed by atoms with Crippen LogP contribution < -0.4 is 0 Å². The first-order valence-electron chi connectivity index (χ1n) is 8.95. The van der Waals surface area contributed by atoms with Crippen molar-refractivity contribution < 1.29 is 4.79 Å². The van der Waals surface area contributed by atoms with Gasteiger partial charge < -0.3 is 4.90 Å². The van der Waals surface area contributed by atoms with Crippen molar-refractivity contribution in [1.82, 2.24) is 4.90 Å². The number of amides is 1. The lowest BCUT2D eigenvalue weighted by molar-refractivity contribution is -0.134. The molecule has 3 aliphatic rings. The highest BCUT2D eigenvalue weighted by molar-refractivity contribution is 5.81. The molecule has 0 bridgehead atoms. The summed E-state index contributed by atoms with van der Waals surface area (Å²) < 4.78 is 0. The van der Waals surface area contributed by atoms with Crippen molar-refractivity contribution in [1.29, 1.82) is 0 Å². The lowest BCUT2D eigenvalue weighted by Gasteiger charge is -2.30. The third-order valence-electron chi connectivity index (χ3n) is 5.89. The van der Waals surface area contributed by atoms with E-state index in [0.29, 0.717) is 17.9 Å². The molecule has 0 saturated heterocycles. The number of nitrogens with zero attached hydrogens (tertiary/aromatic N) is 1. The second-order valence-electron chi connectivity index (χ2n) is 8.09. The van der Waals surface area contributed by atoms with Crippen LogP contribution in [0.2, 0.25) is 0 Å². The van der Waals surface area contributed by atoms with Crippen molar-refractivity contribution in [2.24, 2.45) is 29.6 Å². The molecule has 3 aliphatic carbocycles. The van der Waals surface area contributed by atoms with E-state index in [9.17, 15) is 4.79 Å². The zero-order valence-corrected chi connectivity index (χ0v) is 14.1. The average molecular weight is 289 g/mol. The van der Waals surface area contributed by atoms with E-state index in [1.165, 1.54) is 19.3 Å². The highest BCUT2D eigenvalue weighted by Gasteiger charge is 2.47. The fourth-order valence-corrected chi connectivity index (χ4v) is 4.29. The van der Waals surface area contributed by atoms with Crippen molar-refractivity contribution >= 4 is 5.91 Å². The highest BCUT2D eigenvalue weighted by Crippen LogP contribution is 2.51. The Bertz CT molecular complexity index is 435. The molecule has 3 rings (SSSR count). The molecule has 21 heavy (non-hydrogen) atoms. The summed E-state index contributed by atoms with van der Waals surface area (Å²) in [6.45, 7) is 10.0. The molecular formula is C19H31NO. The fraction of sp³-hybridized carbons (Fsp3) is 0.842. The molecule has 2 heteroatoms. The second-order valence-corrected chi connectivity index (χ2v) is 8.09. The minimum atomic E-state index is 0.365. The van der Waals surface area contributed by atoms with E-state index in [4.69, 9.17) is 0 Å². The summed E-state index contributed by atoms with van der Waals surface area (Å²) in [5.74, 6) is 4.04. The molecule has 1 amide bonds. The van der Waals surface area contributed by atoms with Crippen molar-refractivity contribution in [2.45, 2.75) is 65.8 Å². The zero-order valence-electron chi connectivity index (χ0n) is 14.1. The van der Waals surface area contributed by atoms with Crippen molar-refractivity contribution in [3.63, 3.8) is 0 Å². The number of carbonyl (C=O) groups is 1. The fourth-order valence-electron chi connectivity index (χ4n) is 4.29. The van der Waals surface area contributed by atoms with Gasteiger partial charge in [0.15, 0.2) is 0 Å². The van der Waals surface area contributed by atoms with Gasteiger partial charge >= 0.3 is 0 Å². The first-order chi connectivity index (χ1) is 9.97. The maximum Gasteiger partial charge on any atom is 0.225 e. The normalized spacial score (nSPS) is 35.6. The molecule has 2 nitrogen and oxygen atoms in total. The summed E-state index contributed by atoms with van der Waals surface area (Å²) in [5.41, 5.74) is 1.57. The average Bonchev–Trinajstić information content (AvgIpc) is 3.29. The van der Waals surface area contributed by atoms with Crippen LogP contribution in [-0.4, -0.2) is 23.4 Å². The van der Waals surface area contributed by atoms with Gasteiger partial charge in [-0.25, -0.2) is 0 Å². The van der Waals surface area contributed by atoms with E-state index in [0.717, 1.165) is 43.1 Å². The SMILES string of the molecule is CC1=CC(C)C(C2CC2CN(C(=O)C2CC2)C(C)C)CC1. The maximum atomic E-state index is 12.4. The Kier molecular flexibility index (Phi) is 4.16. The topological polar surface area (TPSA) is 20.3 Å². The second kappa shape index (κ2) is 5.78. The number of rotatable bonds is 5. The van der Waals surface area contributed by atoms with E-state index < -0.39 is 0 Å². The summed E-state index contributed by atoms with van der Waals surface area (Å²) in [7, 11) is 0. The van der Waals surface area contributed by atoms with Crippen LogP contribution in [0, 0.1) is 29.6 Å². The van der Waals surface area contributed by atoms with Crippen molar-refractivity contribution in [2.75, 3.05) is 6.54 Å². The van der Waals surface area contributed by atoms with Crippen LogP contribution in [0.25, 0.3) is 0 Å². The quantitative estimate of drug-likeness (QED) is 0.692. The van der Waals surface area contributed by atoms with Gasteiger partial charge in [-0.05, 0) is 76.5 Å². The van der Waals surface area contributed by atoms with Gasteiger partial charge in [0.25, 0.3) is 0 Å². The monoisotopic (exact) mass is 289 g/mol. The van der Waals surface area contributed by atoms with Gasteiger partial charge in [-0.3, -0.25) is 4.79 Å². The summed E-state index contributed by atoms with van der Waals surface area (Å²) in [5, 5.41) is 0. The Labute approximate surface area is 130 Å². The van der Waals surface area contributed by atoms with Gasteiger partial charge in [-0.2, -0.15) is 0 Å². The van der Waals surface area contributed by atoms with Crippen LogP contribution in [0.1, 0.15) is 59.8 Å². The Morgan fingerprint density at radius 1 is 1.29 bits per heavy atom. The van der Waals surface area contributed by atoms with Crippen LogP contribution in [-0.2, 0) is 4.79 Å². The lowest BCUT2D eigenvalue weighted by Crippen LogP contribution is -2.40. The van der Waals surface area contributed by atoms with Crippen LogP contribution in [0.4, 0.5) is 0 Å². The Balaban J connectivity index is 1.56. The minimum absolute atomic E-state index is 0.365. The van der Waals surface area contributed by atoms with E-state index in [2.05, 4.69) is 38.7 Å². The van der Waals surface area contributed by atoms with Gasteiger partial charge in [0.05, 0.1) is 0 Å². The van der Waals surface area contributed by atoms with Crippen LogP contribution in [0.3, 0.4) is 0 Å². The molecule has 2 saturated carbocycles. The molecule has 4 unspecified atom stereocenters. The summed E-state index contributed by atoms with van der Waals surface area (Å²) in [6.07, 6.45) is 8.73. The third kappa shape index (κ3) is 3.35. The maximum absolute atomic E-state index is 12.4. The molecule has 118 valence electrons. The smallest absolute Gasteiger partial charge is 0.225 e. The number of hydrogen-bond acceptors (Lipinski definition) is 1. The van der Waals surface area contributed by atoms with E-state index >= 15 is 0 Å². The standard InChI is InChI=1S/C19H31NO/c1-12(2)20(19(21)15-6-7-15)11-16-10-18(16)17-8-5-13(3)9-14(17)4/h9,12,14-18H,5-8,10-11H2,1-4H3. The molecule has 0 aromatic heterocycles. The number of allylic oxidation sites excluding steroid dienone is 2. The van der Waals surface area contributed by atoms with Crippen molar-refractivity contribution in [3.05, 3.63) is 11.6 Å². The van der Waals surface area contributed by atoms with E-state index in [-0.39, 0.29) is 0 Å². The molecule has 0 aromatic rings. The molecule has 0 N–H and O–H groups in total. The van der Waals surface area contributed by atoms with Gasteiger partial charge in [0.1, 0.15) is 0 Å². The molecule has 0 heterocycles. The Morgan fingerprint density at radius 3 is 2.57 bits per heavy atom. The lowest BCUT2D eigenvalue weighted by atomic mass is 9.78. The van der Waals surface area contributed by atoms with Crippen LogP contribution in [0.15, 0.2) is 11.6 Å². The molecule has 2 fully saturated rings. The summed E-state index contributed by atoms with van der Waals surface area (Å²) in [6, 6.07) is 0.366. The number of hydrogen-bond donors (Lipinski definition) is 0. The molecule has 0 aromatic carbocycles. The summed E-state index contributed by atoms with van der Waals surface area (Å²) >= 11 is 0. The molecular weight excluding hydrogens is 258 g/mol. The van der Waals surface area contributed by atoms with Gasteiger partial charge in [-0.15, -0.1) is 0 Å². The molecule has 4 atom stereocenters. The predicted octanol–water partition coefficient (Wildman–Crippen LogP) is 4.26. The van der Waals surface area contributed by atoms with Crippen LogP contribution in [0.5, 0.6) is 0 Å². The Morgan fingerprint density at radius 2 is 2.00 bits per heavy atom. The van der Waals surface area contributed by atoms with E-state index in [1.54, 1.807) is 5.57 Å². The summed E-state index contributed by atoms with van der Waals surface area (Å²) in [4.78, 5) is 14.6. The largest absolute Gasteiger partial charge is 0.340 e. The van der Waals surface area contributed by atoms with E-state index in [1.807, 2.05) is 0 Å². The van der Waals surface area contributed by atoms with Crippen molar-refractivity contribution in [3.8, 4) is 0 Å². The first kappa shape index (κ1) is 15.1. The molecule has 0 radical (unpaired) electrons. The van der Waals surface area contributed by atoms with Gasteiger partial charge in [0.2, 0.25) is 5.91 Å². The Hall–Kier alpha value is -0.790. The predicted molar refractivity (Wildman–Crippen MR) is 86.8 cm³/mol. The molecule has 0 aliphatic heterocycles. The number of carbonyl (C=O) groups excluding carboxylic acids is 1. The first-order valence-corrected chi connectivity index (χ1v) is 8.95. The minimum Gasteiger partial charge on any atom is -0.340 e. The van der Waals surface area contributed by atoms with Crippen LogP contribution >= 0.6 is 0 Å². The zero-order chi connectivity index (χ0) is 15.1. The third-order valence-corrected chi connectivity index (χ3v) is 5.89.